The van der Waals surface area contributed by atoms with Crippen molar-refractivity contribution in [3.8, 4) is 5.88 Å². The molecule has 0 unspecified atom stereocenters. The average Bonchev–Trinajstić information content (AvgIpc) is 1.88. The Balaban J connectivity index is 0. The molecular formula is C7H12Cl2N2O. The highest BCUT2D eigenvalue weighted by atomic mass is 35.5. The molecule has 12 heavy (non-hydrogen) atoms. The lowest BCUT2D eigenvalue weighted by atomic mass is 10.3. The van der Waals surface area contributed by atoms with Crippen LogP contribution in [0.1, 0.15) is 5.56 Å². The molecule has 2 N–H and O–H groups in total. The molecule has 0 spiro atoms. The molecule has 0 atom stereocenters. The van der Waals surface area contributed by atoms with Gasteiger partial charge < -0.3 is 10.5 Å². The van der Waals surface area contributed by atoms with Gasteiger partial charge in [0.1, 0.15) is 0 Å². The number of nitrogens with zero attached hydrogens (tertiary/aromatic N) is 1. The van der Waals surface area contributed by atoms with Gasteiger partial charge in [0.25, 0.3) is 0 Å². The molecule has 0 radical (unpaired) electrons. The summed E-state index contributed by atoms with van der Waals surface area (Å²) in [6, 6.07) is 1.83. The van der Waals surface area contributed by atoms with Gasteiger partial charge in [0, 0.05) is 5.56 Å². The molecule has 0 amide bonds. The lowest BCUT2D eigenvalue weighted by molar-refractivity contribution is 0.395. The largest absolute Gasteiger partial charge is 0.481 e. The fraction of sp³-hybridized carbons (Fsp3) is 0.286. The number of ether oxygens (including phenoxy) is 1. The maximum absolute atomic E-state index is 5.46. The van der Waals surface area contributed by atoms with Crippen molar-refractivity contribution in [1.29, 1.82) is 0 Å². The summed E-state index contributed by atoms with van der Waals surface area (Å²) in [6.07, 6.45) is 1.58. The van der Waals surface area contributed by atoms with Crippen LogP contribution in [0.25, 0.3) is 0 Å². The van der Waals surface area contributed by atoms with Gasteiger partial charge >= 0.3 is 0 Å². The molecule has 1 rings (SSSR count). The molecule has 1 heterocycles. The van der Waals surface area contributed by atoms with Gasteiger partial charge in [-0.3, -0.25) is 0 Å². The minimum atomic E-state index is 0. The van der Waals surface area contributed by atoms with Crippen molar-refractivity contribution >= 4 is 30.5 Å². The van der Waals surface area contributed by atoms with Crippen LogP contribution in [-0.2, 0) is 0 Å². The third kappa shape index (κ3) is 3.15. The number of anilines is 1. The molecule has 0 aromatic carbocycles. The number of hydrogen-bond acceptors (Lipinski definition) is 3. The van der Waals surface area contributed by atoms with E-state index in [0.717, 1.165) is 5.56 Å². The SMILES string of the molecule is COc1ncc(N)cc1C.Cl.Cl. The number of hydrogen-bond donors (Lipinski definition) is 1. The Bertz CT molecular complexity index is 243. The minimum absolute atomic E-state index is 0. The monoisotopic (exact) mass is 210 g/mol. The van der Waals surface area contributed by atoms with Gasteiger partial charge in [-0.25, -0.2) is 4.98 Å². The van der Waals surface area contributed by atoms with E-state index in [1.54, 1.807) is 13.3 Å². The van der Waals surface area contributed by atoms with E-state index in [4.69, 9.17) is 10.5 Å². The standard InChI is InChI=1S/C7H10N2O.2ClH/c1-5-3-6(8)4-9-7(5)10-2;;/h3-4H,8H2,1-2H3;2*1H. The van der Waals surface area contributed by atoms with E-state index in [0.29, 0.717) is 11.6 Å². The number of methoxy groups -OCH3 is 1. The number of aryl methyl sites for hydroxylation is 1. The van der Waals surface area contributed by atoms with E-state index in [2.05, 4.69) is 4.98 Å². The van der Waals surface area contributed by atoms with Crippen molar-refractivity contribution in [2.45, 2.75) is 6.92 Å². The maximum Gasteiger partial charge on any atom is 0.216 e. The first-order valence-electron chi connectivity index (χ1n) is 3.00. The quantitative estimate of drug-likeness (QED) is 0.770. The first kappa shape index (κ1) is 13.9. The second kappa shape index (κ2) is 5.91. The van der Waals surface area contributed by atoms with Gasteiger partial charge in [-0.05, 0) is 13.0 Å². The number of nitrogen functional groups attached to an aromatic ring is 1. The first-order chi connectivity index (χ1) is 4.74. The molecule has 0 saturated heterocycles. The summed E-state index contributed by atoms with van der Waals surface area (Å²) in [5.41, 5.74) is 7.09. The number of aromatic nitrogens is 1. The van der Waals surface area contributed by atoms with Crippen molar-refractivity contribution in [2.75, 3.05) is 12.8 Å². The van der Waals surface area contributed by atoms with E-state index in [1.807, 2.05) is 13.0 Å². The van der Waals surface area contributed by atoms with Gasteiger partial charge in [-0.15, -0.1) is 24.8 Å². The predicted octanol–water partition coefficient (Wildman–Crippen LogP) is 1.82. The van der Waals surface area contributed by atoms with Crippen LogP contribution in [0.3, 0.4) is 0 Å². The van der Waals surface area contributed by atoms with Gasteiger partial charge in [-0.1, -0.05) is 0 Å². The Morgan fingerprint density at radius 3 is 2.42 bits per heavy atom. The molecule has 1 aromatic heterocycles. The second-order valence-corrected chi connectivity index (χ2v) is 2.09. The maximum atomic E-state index is 5.46. The van der Waals surface area contributed by atoms with E-state index in [9.17, 15) is 0 Å². The van der Waals surface area contributed by atoms with Crippen molar-refractivity contribution in [3.05, 3.63) is 17.8 Å². The third-order valence-corrected chi connectivity index (χ3v) is 1.24. The molecular weight excluding hydrogens is 199 g/mol. The van der Waals surface area contributed by atoms with Crippen molar-refractivity contribution in [1.82, 2.24) is 4.98 Å². The van der Waals surface area contributed by atoms with E-state index in [-0.39, 0.29) is 24.8 Å². The molecule has 0 fully saturated rings. The molecule has 3 nitrogen and oxygen atoms in total. The fourth-order valence-electron chi connectivity index (χ4n) is 0.798. The second-order valence-electron chi connectivity index (χ2n) is 2.09. The fourth-order valence-corrected chi connectivity index (χ4v) is 0.798. The van der Waals surface area contributed by atoms with Crippen LogP contribution in [0, 0.1) is 6.92 Å². The van der Waals surface area contributed by atoms with Gasteiger partial charge in [0.05, 0.1) is 19.0 Å². The zero-order chi connectivity index (χ0) is 7.56. The Morgan fingerprint density at radius 2 is 2.00 bits per heavy atom. The minimum Gasteiger partial charge on any atom is -0.481 e. The van der Waals surface area contributed by atoms with Crippen molar-refractivity contribution in [2.24, 2.45) is 0 Å². The van der Waals surface area contributed by atoms with Crippen LogP contribution < -0.4 is 10.5 Å². The van der Waals surface area contributed by atoms with E-state index >= 15 is 0 Å². The number of nitrogens with two attached hydrogens (primary N) is 1. The molecule has 1 aromatic rings. The van der Waals surface area contributed by atoms with Gasteiger partial charge in [0.2, 0.25) is 5.88 Å². The lowest BCUT2D eigenvalue weighted by Gasteiger charge is -2.01. The van der Waals surface area contributed by atoms with Crippen molar-refractivity contribution < 1.29 is 4.74 Å². The van der Waals surface area contributed by atoms with Crippen molar-refractivity contribution in [3.63, 3.8) is 0 Å². The van der Waals surface area contributed by atoms with Crippen LogP contribution in [0.15, 0.2) is 12.3 Å². The Hall–Kier alpha value is -0.670. The number of halogens is 2. The molecule has 70 valence electrons. The highest BCUT2D eigenvalue weighted by molar-refractivity contribution is 5.85. The molecule has 0 bridgehead atoms. The third-order valence-electron chi connectivity index (χ3n) is 1.24. The average molecular weight is 211 g/mol. The zero-order valence-corrected chi connectivity index (χ0v) is 8.54. The van der Waals surface area contributed by atoms with Crippen LogP contribution in [0.2, 0.25) is 0 Å². The molecule has 5 heteroatoms. The summed E-state index contributed by atoms with van der Waals surface area (Å²) in [7, 11) is 1.59. The topological polar surface area (TPSA) is 48.1 Å². The Morgan fingerprint density at radius 1 is 1.42 bits per heavy atom. The highest BCUT2D eigenvalue weighted by Crippen LogP contribution is 2.14. The van der Waals surface area contributed by atoms with Crippen LogP contribution in [0.4, 0.5) is 5.69 Å². The summed E-state index contributed by atoms with van der Waals surface area (Å²) in [4.78, 5) is 3.95. The summed E-state index contributed by atoms with van der Waals surface area (Å²) in [5.74, 6) is 0.634. The van der Waals surface area contributed by atoms with Crippen LogP contribution in [0.5, 0.6) is 5.88 Å². The smallest absolute Gasteiger partial charge is 0.216 e. The van der Waals surface area contributed by atoms with Crippen LogP contribution in [-0.4, -0.2) is 12.1 Å². The highest BCUT2D eigenvalue weighted by Gasteiger charge is 1.97. The van der Waals surface area contributed by atoms with E-state index in [1.165, 1.54) is 0 Å². The molecule has 0 aliphatic heterocycles. The van der Waals surface area contributed by atoms with Crippen LogP contribution >= 0.6 is 24.8 Å². The summed E-state index contributed by atoms with van der Waals surface area (Å²) in [6.45, 7) is 1.90. The Labute approximate surface area is 84.1 Å². The molecule has 0 aliphatic carbocycles. The molecule has 0 saturated carbocycles. The normalized spacial score (nSPS) is 7.83. The zero-order valence-electron chi connectivity index (χ0n) is 6.90. The van der Waals surface area contributed by atoms with Gasteiger partial charge in [0.15, 0.2) is 0 Å². The van der Waals surface area contributed by atoms with Gasteiger partial charge in [-0.2, -0.15) is 0 Å². The summed E-state index contributed by atoms with van der Waals surface area (Å²) >= 11 is 0. The summed E-state index contributed by atoms with van der Waals surface area (Å²) < 4.78 is 4.93. The predicted molar refractivity (Wildman–Crippen MR) is 54.4 cm³/mol. The first-order valence-corrected chi connectivity index (χ1v) is 3.00. The summed E-state index contributed by atoms with van der Waals surface area (Å²) in [5, 5.41) is 0. The Kier molecular flexibility index (Phi) is 6.85. The van der Waals surface area contributed by atoms with E-state index < -0.39 is 0 Å². The number of pyridine rings is 1. The lowest BCUT2D eigenvalue weighted by Crippen LogP contribution is -1.93. The molecule has 0 aliphatic rings. The number of rotatable bonds is 1.